The molecule has 2 amide bonds. The number of carbonyl (C=O) groups excluding carboxylic acids is 2. The van der Waals surface area contributed by atoms with Gasteiger partial charge in [0, 0.05) is 16.6 Å². The number of anilines is 1. The topological polar surface area (TPSA) is 58.2 Å². The average Bonchev–Trinajstić information content (AvgIpc) is 2.30. The molecule has 1 aromatic rings. The molecular formula is C14H19BrN2O2. The highest BCUT2D eigenvalue weighted by Gasteiger charge is 2.08. The average molecular weight is 327 g/mol. The van der Waals surface area contributed by atoms with Gasteiger partial charge < -0.3 is 10.6 Å². The van der Waals surface area contributed by atoms with Crippen molar-refractivity contribution in [1.29, 1.82) is 0 Å². The number of halogens is 1. The van der Waals surface area contributed by atoms with E-state index in [0.29, 0.717) is 12.1 Å². The quantitative estimate of drug-likeness (QED) is 0.874. The highest BCUT2D eigenvalue weighted by molar-refractivity contribution is 9.10. The third-order valence-electron chi connectivity index (χ3n) is 2.50. The van der Waals surface area contributed by atoms with Gasteiger partial charge in [0.2, 0.25) is 11.8 Å². The van der Waals surface area contributed by atoms with Crippen LogP contribution in [0.1, 0.15) is 25.8 Å². The van der Waals surface area contributed by atoms with Gasteiger partial charge in [-0.2, -0.15) is 0 Å². The molecule has 0 aliphatic carbocycles. The molecule has 19 heavy (non-hydrogen) atoms. The number of carbonyl (C=O) groups is 2. The van der Waals surface area contributed by atoms with E-state index in [1.54, 1.807) is 0 Å². The minimum atomic E-state index is -0.229. The first-order valence-electron chi connectivity index (χ1n) is 6.21. The van der Waals surface area contributed by atoms with Gasteiger partial charge in [0.25, 0.3) is 0 Å². The van der Waals surface area contributed by atoms with E-state index in [0.717, 1.165) is 10.0 Å². The van der Waals surface area contributed by atoms with Crippen LogP contribution in [0.2, 0.25) is 0 Å². The zero-order chi connectivity index (χ0) is 14.4. The third-order valence-corrected chi connectivity index (χ3v) is 3.35. The maximum atomic E-state index is 11.7. The number of hydrogen-bond donors (Lipinski definition) is 2. The Morgan fingerprint density at radius 2 is 1.95 bits per heavy atom. The monoisotopic (exact) mass is 326 g/mol. The second-order valence-corrected chi connectivity index (χ2v) is 5.74. The Balaban J connectivity index is 2.43. The molecule has 0 aliphatic heterocycles. The summed E-state index contributed by atoms with van der Waals surface area (Å²) in [6.45, 7) is 5.89. The maximum absolute atomic E-state index is 11.7. The summed E-state index contributed by atoms with van der Waals surface area (Å²) in [5.41, 5.74) is 1.81. The van der Waals surface area contributed by atoms with Crippen molar-refractivity contribution in [3.05, 3.63) is 28.2 Å². The van der Waals surface area contributed by atoms with Crippen LogP contribution in [-0.4, -0.2) is 18.4 Å². The van der Waals surface area contributed by atoms with Gasteiger partial charge in [-0.1, -0.05) is 35.8 Å². The lowest BCUT2D eigenvalue weighted by atomic mass is 10.1. The number of amides is 2. The van der Waals surface area contributed by atoms with Crippen LogP contribution in [0.4, 0.5) is 5.69 Å². The van der Waals surface area contributed by atoms with E-state index < -0.39 is 0 Å². The fourth-order valence-corrected chi connectivity index (χ4v) is 1.88. The number of aryl methyl sites for hydroxylation is 1. The molecule has 1 rings (SSSR count). The van der Waals surface area contributed by atoms with E-state index in [9.17, 15) is 9.59 Å². The lowest BCUT2D eigenvalue weighted by Gasteiger charge is -2.09. The van der Waals surface area contributed by atoms with Gasteiger partial charge in [-0.25, -0.2) is 0 Å². The molecule has 0 unspecified atom stereocenters. The predicted octanol–water partition coefficient (Wildman–Crippen LogP) is 2.86. The van der Waals surface area contributed by atoms with Gasteiger partial charge in [-0.15, -0.1) is 0 Å². The molecule has 0 heterocycles. The summed E-state index contributed by atoms with van der Waals surface area (Å²) in [7, 11) is 0. The van der Waals surface area contributed by atoms with E-state index in [4.69, 9.17) is 0 Å². The Morgan fingerprint density at radius 1 is 1.26 bits per heavy atom. The third kappa shape index (κ3) is 5.87. The van der Waals surface area contributed by atoms with E-state index in [1.807, 2.05) is 39.0 Å². The summed E-state index contributed by atoms with van der Waals surface area (Å²) in [4.78, 5) is 23.1. The molecule has 5 heteroatoms. The molecule has 0 atom stereocenters. The molecule has 0 radical (unpaired) electrons. The van der Waals surface area contributed by atoms with E-state index in [-0.39, 0.29) is 24.3 Å². The predicted molar refractivity (Wildman–Crippen MR) is 80.0 cm³/mol. The number of rotatable bonds is 5. The SMILES string of the molecule is Cc1ccc(NC(=O)CNC(=O)CC(C)C)cc1Br. The van der Waals surface area contributed by atoms with Gasteiger partial charge in [-0.05, 0) is 30.5 Å². The summed E-state index contributed by atoms with van der Waals surface area (Å²) in [5, 5.41) is 5.33. The molecule has 0 bridgehead atoms. The highest BCUT2D eigenvalue weighted by atomic mass is 79.9. The van der Waals surface area contributed by atoms with Crippen LogP contribution in [0, 0.1) is 12.8 Å². The zero-order valence-corrected chi connectivity index (χ0v) is 13.0. The van der Waals surface area contributed by atoms with Gasteiger partial charge in [0.1, 0.15) is 0 Å². The van der Waals surface area contributed by atoms with Crippen molar-refractivity contribution in [1.82, 2.24) is 5.32 Å². The molecular weight excluding hydrogens is 308 g/mol. The number of nitrogens with one attached hydrogen (secondary N) is 2. The first-order chi connectivity index (χ1) is 8.88. The van der Waals surface area contributed by atoms with Crippen molar-refractivity contribution in [2.24, 2.45) is 5.92 Å². The first kappa shape index (κ1) is 15.7. The zero-order valence-electron chi connectivity index (χ0n) is 11.4. The van der Waals surface area contributed by atoms with Crippen molar-refractivity contribution < 1.29 is 9.59 Å². The molecule has 0 fully saturated rings. The van der Waals surface area contributed by atoms with E-state index >= 15 is 0 Å². The normalized spacial score (nSPS) is 10.4. The molecule has 2 N–H and O–H groups in total. The van der Waals surface area contributed by atoms with Crippen molar-refractivity contribution in [3.8, 4) is 0 Å². The van der Waals surface area contributed by atoms with Crippen LogP contribution in [0.25, 0.3) is 0 Å². The molecule has 0 aromatic heterocycles. The van der Waals surface area contributed by atoms with Crippen molar-refractivity contribution >= 4 is 33.4 Å². The van der Waals surface area contributed by atoms with Crippen LogP contribution >= 0.6 is 15.9 Å². The van der Waals surface area contributed by atoms with Gasteiger partial charge in [-0.3, -0.25) is 9.59 Å². The van der Waals surface area contributed by atoms with Crippen LogP contribution in [0.3, 0.4) is 0 Å². The summed E-state index contributed by atoms with van der Waals surface area (Å²) >= 11 is 3.40. The van der Waals surface area contributed by atoms with Gasteiger partial charge in [0.05, 0.1) is 6.54 Å². The van der Waals surface area contributed by atoms with Crippen LogP contribution in [-0.2, 0) is 9.59 Å². The Labute approximate surface area is 122 Å². The molecule has 4 nitrogen and oxygen atoms in total. The van der Waals surface area contributed by atoms with Crippen LogP contribution in [0.5, 0.6) is 0 Å². The van der Waals surface area contributed by atoms with Crippen molar-refractivity contribution in [2.45, 2.75) is 27.2 Å². The minimum absolute atomic E-state index is 0.00293. The lowest BCUT2D eigenvalue weighted by molar-refractivity contribution is -0.124. The summed E-state index contributed by atoms with van der Waals surface area (Å²) in [6.07, 6.45) is 0.434. The Bertz CT molecular complexity index is 473. The number of hydrogen-bond acceptors (Lipinski definition) is 2. The molecule has 0 saturated carbocycles. The van der Waals surface area contributed by atoms with Crippen LogP contribution in [0.15, 0.2) is 22.7 Å². The van der Waals surface area contributed by atoms with Crippen molar-refractivity contribution in [2.75, 3.05) is 11.9 Å². The van der Waals surface area contributed by atoms with Gasteiger partial charge >= 0.3 is 0 Å². The van der Waals surface area contributed by atoms with E-state index in [1.165, 1.54) is 0 Å². The number of benzene rings is 1. The fourth-order valence-electron chi connectivity index (χ4n) is 1.50. The molecule has 1 aromatic carbocycles. The van der Waals surface area contributed by atoms with E-state index in [2.05, 4.69) is 26.6 Å². The standard InChI is InChI=1S/C14H19BrN2O2/c1-9(2)6-13(18)16-8-14(19)17-11-5-4-10(3)12(15)7-11/h4-5,7,9H,6,8H2,1-3H3,(H,16,18)(H,17,19). The lowest BCUT2D eigenvalue weighted by Crippen LogP contribution is -2.33. The molecule has 0 saturated heterocycles. The Kier molecular flexibility index (Phi) is 6.02. The second-order valence-electron chi connectivity index (χ2n) is 4.89. The van der Waals surface area contributed by atoms with Crippen LogP contribution < -0.4 is 10.6 Å². The van der Waals surface area contributed by atoms with Crippen molar-refractivity contribution in [3.63, 3.8) is 0 Å². The summed E-state index contributed by atoms with van der Waals surface area (Å²) in [5.74, 6) is -0.0424. The summed E-state index contributed by atoms with van der Waals surface area (Å²) < 4.78 is 0.939. The molecule has 0 spiro atoms. The second kappa shape index (κ2) is 7.28. The Hall–Kier alpha value is -1.36. The largest absolute Gasteiger partial charge is 0.347 e. The smallest absolute Gasteiger partial charge is 0.243 e. The Morgan fingerprint density at radius 3 is 2.53 bits per heavy atom. The highest BCUT2D eigenvalue weighted by Crippen LogP contribution is 2.20. The summed E-state index contributed by atoms with van der Waals surface area (Å²) in [6, 6.07) is 5.58. The molecule has 104 valence electrons. The minimum Gasteiger partial charge on any atom is -0.347 e. The van der Waals surface area contributed by atoms with Gasteiger partial charge in [0.15, 0.2) is 0 Å². The first-order valence-corrected chi connectivity index (χ1v) is 7.00. The fraction of sp³-hybridized carbons (Fsp3) is 0.429. The molecule has 0 aliphatic rings. The maximum Gasteiger partial charge on any atom is 0.243 e.